The second-order valence-electron chi connectivity index (χ2n) is 7.06. The first-order valence-electron chi connectivity index (χ1n) is 9.60. The molecule has 0 spiro atoms. The van der Waals surface area contributed by atoms with Crippen LogP contribution >= 0.6 is 0 Å². The quantitative estimate of drug-likeness (QED) is 0.397. The normalized spacial score (nSPS) is 12.5. The lowest BCUT2D eigenvalue weighted by Gasteiger charge is -2.12. The van der Waals surface area contributed by atoms with Crippen LogP contribution in [0, 0.1) is 0 Å². The van der Waals surface area contributed by atoms with E-state index in [2.05, 4.69) is 30.7 Å². The molecule has 4 heterocycles. The maximum atomic E-state index is 12.4. The van der Waals surface area contributed by atoms with Gasteiger partial charge in [0.05, 0.1) is 30.4 Å². The Hall–Kier alpha value is -3.60. The molecular weight excluding hydrogens is 408 g/mol. The van der Waals surface area contributed by atoms with Gasteiger partial charge in [0.15, 0.2) is 0 Å². The number of carbonyl (C=O) groups is 1. The number of aromatic amines is 1. The Bertz CT molecular complexity index is 1220. The van der Waals surface area contributed by atoms with E-state index in [4.69, 9.17) is 4.74 Å². The number of anilines is 1. The summed E-state index contributed by atoms with van der Waals surface area (Å²) in [7, 11) is 1.63. The molecule has 1 atom stereocenters. The van der Waals surface area contributed by atoms with E-state index in [1.54, 1.807) is 31.8 Å². The maximum absolute atomic E-state index is 12.4. The molecule has 0 saturated carbocycles. The number of alkyl halides is 2. The van der Waals surface area contributed by atoms with Gasteiger partial charge in [0.1, 0.15) is 5.65 Å². The molecule has 0 fully saturated rings. The van der Waals surface area contributed by atoms with Crippen LogP contribution in [0.3, 0.4) is 0 Å². The van der Waals surface area contributed by atoms with Crippen molar-refractivity contribution in [1.82, 2.24) is 29.9 Å². The Morgan fingerprint density at radius 2 is 2.19 bits per heavy atom. The summed E-state index contributed by atoms with van der Waals surface area (Å²) in [6.45, 7) is 1.78. The molecule has 11 heteroatoms. The number of ether oxygens (including phenoxy) is 1. The summed E-state index contributed by atoms with van der Waals surface area (Å²) in [6.07, 6.45) is 3.96. The van der Waals surface area contributed by atoms with Gasteiger partial charge in [0, 0.05) is 42.7 Å². The number of carbonyl (C=O) groups excluding carboxylic acids is 1. The number of nitrogens with zero attached hydrogens (tertiary/aromatic N) is 4. The predicted octanol–water partition coefficient (Wildman–Crippen LogP) is 2.71. The summed E-state index contributed by atoms with van der Waals surface area (Å²) >= 11 is 0. The Kier molecular flexibility index (Phi) is 5.76. The van der Waals surface area contributed by atoms with E-state index in [1.807, 2.05) is 13.0 Å². The molecule has 4 aromatic rings. The van der Waals surface area contributed by atoms with Gasteiger partial charge in [-0.05, 0) is 24.6 Å². The molecule has 0 aliphatic carbocycles. The van der Waals surface area contributed by atoms with Crippen LogP contribution in [0.25, 0.3) is 27.7 Å². The van der Waals surface area contributed by atoms with E-state index < -0.39 is 18.9 Å². The summed E-state index contributed by atoms with van der Waals surface area (Å²) in [6, 6.07) is 3.67. The number of nitrogens with one attached hydrogen (secondary N) is 3. The van der Waals surface area contributed by atoms with Gasteiger partial charge in [-0.2, -0.15) is 10.1 Å². The lowest BCUT2D eigenvalue weighted by molar-refractivity contribution is 0.0893. The second-order valence-corrected chi connectivity index (χ2v) is 7.06. The minimum Gasteiger partial charge on any atom is -0.383 e. The van der Waals surface area contributed by atoms with Crippen LogP contribution in [-0.4, -0.2) is 63.2 Å². The molecule has 0 radical (unpaired) electrons. The van der Waals surface area contributed by atoms with E-state index in [-0.39, 0.29) is 11.6 Å². The average Bonchev–Trinajstić information content (AvgIpc) is 3.35. The van der Waals surface area contributed by atoms with Crippen molar-refractivity contribution in [3.63, 3.8) is 0 Å². The molecule has 4 rings (SSSR count). The highest BCUT2D eigenvalue weighted by Gasteiger charge is 2.16. The molecule has 1 amide bonds. The predicted molar refractivity (Wildman–Crippen MR) is 111 cm³/mol. The number of halogens is 2. The average molecular weight is 429 g/mol. The molecule has 0 aromatic carbocycles. The number of methoxy groups -OCH3 is 1. The molecule has 0 aliphatic heterocycles. The van der Waals surface area contributed by atoms with Gasteiger partial charge in [0.2, 0.25) is 5.95 Å². The zero-order valence-corrected chi connectivity index (χ0v) is 16.9. The van der Waals surface area contributed by atoms with Crippen molar-refractivity contribution < 1.29 is 18.3 Å². The van der Waals surface area contributed by atoms with Gasteiger partial charge < -0.3 is 20.4 Å². The van der Waals surface area contributed by atoms with Crippen LogP contribution in [0.1, 0.15) is 17.3 Å². The summed E-state index contributed by atoms with van der Waals surface area (Å²) in [5.74, 6) is -0.120. The third kappa shape index (κ3) is 4.31. The fourth-order valence-corrected chi connectivity index (χ4v) is 3.32. The Balaban J connectivity index is 1.65. The minimum atomic E-state index is -2.62. The van der Waals surface area contributed by atoms with Gasteiger partial charge in [-0.15, -0.1) is 0 Å². The largest absolute Gasteiger partial charge is 0.383 e. The van der Waals surface area contributed by atoms with Gasteiger partial charge in [-0.3, -0.25) is 4.79 Å². The van der Waals surface area contributed by atoms with Crippen molar-refractivity contribution in [2.75, 3.05) is 25.6 Å². The fraction of sp³-hybridized carbons (Fsp3) is 0.300. The van der Waals surface area contributed by atoms with Crippen LogP contribution < -0.4 is 10.6 Å². The van der Waals surface area contributed by atoms with Crippen molar-refractivity contribution in [1.29, 1.82) is 0 Å². The summed E-state index contributed by atoms with van der Waals surface area (Å²) in [5, 5.41) is 10.3. The third-order valence-electron chi connectivity index (χ3n) is 4.72. The van der Waals surface area contributed by atoms with Crippen LogP contribution in [-0.2, 0) is 4.74 Å². The van der Waals surface area contributed by atoms with Crippen molar-refractivity contribution in [3.8, 4) is 11.1 Å². The van der Waals surface area contributed by atoms with Crippen LogP contribution in [0.2, 0.25) is 0 Å². The third-order valence-corrected chi connectivity index (χ3v) is 4.72. The van der Waals surface area contributed by atoms with Gasteiger partial charge in [0.25, 0.3) is 12.3 Å². The topological polar surface area (TPSA) is 109 Å². The van der Waals surface area contributed by atoms with Crippen LogP contribution in [0.5, 0.6) is 0 Å². The molecule has 0 bridgehead atoms. The van der Waals surface area contributed by atoms with E-state index >= 15 is 0 Å². The van der Waals surface area contributed by atoms with E-state index in [0.29, 0.717) is 23.7 Å². The van der Waals surface area contributed by atoms with Crippen molar-refractivity contribution in [2.24, 2.45) is 0 Å². The smallest absolute Gasteiger partial charge is 0.255 e. The Morgan fingerprint density at radius 1 is 1.35 bits per heavy atom. The van der Waals surface area contributed by atoms with Crippen molar-refractivity contribution >= 4 is 28.4 Å². The lowest BCUT2D eigenvalue weighted by Crippen LogP contribution is -2.28. The SMILES string of the molecule is COC[C@H](C)Nc1ncc2c(-c3ccn4ncc(C(=O)NCC(F)F)c4c3)c[nH]c2n1. The number of H-pyrrole nitrogens is 1. The number of fused-ring (bicyclic) bond motifs is 2. The number of amides is 1. The van der Waals surface area contributed by atoms with E-state index in [9.17, 15) is 13.6 Å². The highest BCUT2D eigenvalue weighted by molar-refractivity contribution is 6.02. The number of hydrogen-bond acceptors (Lipinski definition) is 6. The van der Waals surface area contributed by atoms with E-state index in [1.165, 1.54) is 10.7 Å². The molecule has 31 heavy (non-hydrogen) atoms. The summed E-state index contributed by atoms with van der Waals surface area (Å²) in [5.41, 5.74) is 3.03. The van der Waals surface area contributed by atoms with Crippen LogP contribution in [0.15, 0.2) is 36.9 Å². The number of rotatable bonds is 8. The summed E-state index contributed by atoms with van der Waals surface area (Å²) in [4.78, 5) is 24.3. The molecule has 0 unspecified atom stereocenters. The second kappa shape index (κ2) is 8.64. The first-order chi connectivity index (χ1) is 15.0. The summed E-state index contributed by atoms with van der Waals surface area (Å²) < 4.78 is 31.5. The van der Waals surface area contributed by atoms with Gasteiger partial charge in [-0.25, -0.2) is 18.3 Å². The Labute approximate surface area is 175 Å². The van der Waals surface area contributed by atoms with E-state index in [0.717, 1.165) is 16.5 Å². The highest BCUT2D eigenvalue weighted by Crippen LogP contribution is 2.29. The monoisotopic (exact) mass is 429 g/mol. The molecule has 0 aliphatic rings. The Morgan fingerprint density at radius 3 is 2.97 bits per heavy atom. The fourth-order valence-electron chi connectivity index (χ4n) is 3.32. The standard InChI is InChI=1S/C20H21F2N7O2/c1-11(10-31-2)27-20-25-7-14-13(6-23-18(14)28-20)12-3-4-29-16(5-12)15(8-26-29)19(30)24-9-17(21)22/h3-8,11,17H,9-10H2,1-2H3,(H,24,30)(H2,23,25,27,28)/t11-/m0/s1. The molecule has 0 saturated heterocycles. The van der Waals surface area contributed by atoms with Crippen molar-refractivity contribution in [3.05, 3.63) is 42.5 Å². The lowest BCUT2D eigenvalue weighted by atomic mass is 10.1. The number of aromatic nitrogens is 5. The molecular formula is C20H21F2N7O2. The first kappa shape index (κ1) is 20.7. The molecule has 9 nitrogen and oxygen atoms in total. The van der Waals surface area contributed by atoms with Gasteiger partial charge in [-0.1, -0.05) is 0 Å². The number of pyridine rings is 1. The van der Waals surface area contributed by atoms with Crippen LogP contribution in [0.4, 0.5) is 14.7 Å². The molecule has 162 valence electrons. The minimum absolute atomic E-state index is 0.0517. The van der Waals surface area contributed by atoms with Crippen molar-refractivity contribution in [2.45, 2.75) is 19.4 Å². The first-order valence-corrected chi connectivity index (χ1v) is 9.60. The maximum Gasteiger partial charge on any atom is 0.255 e. The number of hydrogen-bond donors (Lipinski definition) is 3. The zero-order chi connectivity index (χ0) is 22.0. The van der Waals surface area contributed by atoms with Gasteiger partial charge >= 0.3 is 0 Å². The molecule has 4 aromatic heterocycles. The molecule has 3 N–H and O–H groups in total. The zero-order valence-electron chi connectivity index (χ0n) is 16.9. The highest BCUT2D eigenvalue weighted by atomic mass is 19.3.